The van der Waals surface area contributed by atoms with E-state index in [1.807, 2.05) is 0 Å². The molecule has 3 aromatic carbocycles. The molecule has 3 aromatic rings. The highest BCUT2D eigenvalue weighted by Crippen LogP contribution is 2.39. The quantitative estimate of drug-likeness (QED) is 0.252. The second-order valence-electron chi connectivity index (χ2n) is 7.89. The predicted octanol–water partition coefficient (Wildman–Crippen LogP) is 7.48. The molecule has 3 rings (SSSR count). The number of nitriles is 1. The number of benzene rings is 3. The van der Waals surface area contributed by atoms with Crippen LogP contribution in [0, 0.1) is 11.3 Å². The molecule has 1 unspecified atom stereocenters. The number of ether oxygens (including phenoxy) is 2. The second-order valence-corrected chi connectivity index (χ2v) is 8.71. The molecule has 0 saturated carbocycles. The van der Waals surface area contributed by atoms with Crippen LogP contribution in [0.1, 0.15) is 25.8 Å². The molecule has 0 N–H and O–H groups in total. The van der Waals surface area contributed by atoms with Crippen LogP contribution in [0.4, 0.5) is 18.9 Å². The first-order valence-corrected chi connectivity index (χ1v) is 12.1. The highest BCUT2D eigenvalue weighted by molar-refractivity contribution is 6.32. The summed E-state index contributed by atoms with van der Waals surface area (Å²) in [5.41, 5.74) is -3.08. The summed E-state index contributed by atoms with van der Waals surface area (Å²) in [5.74, 6) is -2.01. The Hall–Kier alpha value is -3.74. The third-order valence-electron chi connectivity index (χ3n) is 5.45. The Kier molecular flexibility index (Phi) is 8.92. The first kappa shape index (κ1) is 28.8. The van der Waals surface area contributed by atoms with Crippen molar-refractivity contribution < 1.29 is 32.2 Å². The van der Waals surface area contributed by atoms with Gasteiger partial charge in [-0.3, -0.25) is 9.59 Å². The number of likely N-dealkylation sites (N-methyl/N-ethyl adjacent to an activating group) is 1. The minimum absolute atomic E-state index is 0.0182. The molecule has 0 aliphatic carbocycles. The molecule has 0 radical (unpaired) electrons. The van der Waals surface area contributed by atoms with Crippen molar-refractivity contribution in [2.24, 2.45) is 0 Å². The number of ketones is 1. The van der Waals surface area contributed by atoms with Gasteiger partial charge >= 0.3 is 11.8 Å². The molecule has 0 heterocycles. The van der Waals surface area contributed by atoms with Crippen LogP contribution in [0.2, 0.25) is 10.0 Å². The lowest BCUT2D eigenvalue weighted by molar-refractivity contribution is -0.142. The van der Waals surface area contributed by atoms with Gasteiger partial charge in [-0.2, -0.15) is 18.4 Å². The number of nitrogens with zero attached hydrogens (tertiary/aromatic N) is 2. The van der Waals surface area contributed by atoms with Crippen molar-refractivity contribution in [1.82, 2.24) is 0 Å². The Balaban J connectivity index is 2.00. The number of carbonyl (C=O) groups is 2. The van der Waals surface area contributed by atoms with Crippen molar-refractivity contribution in [2.75, 3.05) is 11.4 Å². The summed E-state index contributed by atoms with van der Waals surface area (Å²) in [6.45, 7) is 3.30. The van der Waals surface area contributed by atoms with E-state index in [2.05, 4.69) is 0 Å². The van der Waals surface area contributed by atoms with Crippen molar-refractivity contribution in [3.05, 3.63) is 82.3 Å². The van der Waals surface area contributed by atoms with E-state index in [0.717, 1.165) is 12.1 Å². The molecule has 0 saturated heterocycles. The Morgan fingerprint density at radius 3 is 2.18 bits per heavy atom. The lowest BCUT2D eigenvalue weighted by Gasteiger charge is -2.31. The average molecular weight is 565 g/mol. The van der Waals surface area contributed by atoms with Gasteiger partial charge in [0, 0.05) is 24.7 Å². The normalized spacial score (nSPS) is 12.7. The van der Waals surface area contributed by atoms with Gasteiger partial charge in [0.15, 0.2) is 0 Å². The van der Waals surface area contributed by atoms with E-state index in [-0.39, 0.29) is 40.3 Å². The fourth-order valence-electron chi connectivity index (χ4n) is 3.52. The van der Waals surface area contributed by atoms with Crippen LogP contribution in [-0.4, -0.2) is 23.8 Å². The zero-order valence-electron chi connectivity index (χ0n) is 20.2. The maximum atomic E-state index is 13.7. The first-order valence-electron chi connectivity index (χ1n) is 11.3. The monoisotopic (exact) mass is 564 g/mol. The molecule has 198 valence electrons. The van der Waals surface area contributed by atoms with Crippen LogP contribution in [0.25, 0.3) is 0 Å². The summed E-state index contributed by atoms with van der Waals surface area (Å²) in [6.07, 6.45) is -4.78. The van der Waals surface area contributed by atoms with E-state index < -0.39 is 29.0 Å². The molecule has 38 heavy (non-hydrogen) atoms. The number of Topliss-reactive ketones (excluding diaryl/α,β-unsaturated/α-hetero) is 1. The van der Waals surface area contributed by atoms with Gasteiger partial charge in [-0.05, 0) is 49.4 Å². The second kappa shape index (κ2) is 11.8. The lowest BCUT2D eigenvalue weighted by Crippen LogP contribution is -2.57. The van der Waals surface area contributed by atoms with Crippen LogP contribution in [0.3, 0.4) is 0 Å². The summed E-state index contributed by atoms with van der Waals surface area (Å²) in [6, 6.07) is 16.6. The van der Waals surface area contributed by atoms with E-state index in [1.165, 1.54) is 30.0 Å². The third-order valence-corrected chi connectivity index (χ3v) is 6.06. The van der Waals surface area contributed by atoms with Gasteiger partial charge in [0.1, 0.15) is 23.3 Å². The molecular formula is C27H21Cl2F3N2O4. The summed E-state index contributed by atoms with van der Waals surface area (Å²) >= 11 is 12.2. The number of hydrogen-bond acceptors (Lipinski definition) is 5. The SMILES string of the molecule is CCC(=O)C(C#N)(Oc1cc(Oc2ccc(C(F)(F)F)cc2Cl)ccc1Cl)C(=O)N(CC)c1ccccc1. The number of para-hydroxylation sites is 1. The van der Waals surface area contributed by atoms with Crippen LogP contribution < -0.4 is 14.4 Å². The Morgan fingerprint density at radius 1 is 0.947 bits per heavy atom. The Bertz CT molecular complexity index is 1380. The average Bonchev–Trinajstić information content (AvgIpc) is 2.90. The fraction of sp³-hybridized carbons (Fsp3) is 0.222. The molecule has 11 heteroatoms. The van der Waals surface area contributed by atoms with Crippen molar-refractivity contribution in [2.45, 2.75) is 32.0 Å². The molecule has 1 atom stereocenters. The van der Waals surface area contributed by atoms with Crippen LogP contribution in [0.5, 0.6) is 17.2 Å². The zero-order valence-corrected chi connectivity index (χ0v) is 21.7. The van der Waals surface area contributed by atoms with Gasteiger partial charge in [0.05, 0.1) is 15.6 Å². The molecule has 0 fully saturated rings. The van der Waals surface area contributed by atoms with E-state index >= 15 is 0 Å². The van der Waals surface area contributed by atoms with E-state index in [9.17, 15) is 28.0 Å². The number of anilines is 1. The van der Waals surface area contributed by atoms with Crippen LogP contribution >= 0.6 is 23.2 Å². The molecular weight excluding hydrogens is 544 g/mol. The maximum Gasteiger partial charge on any atom is 0.416 e. The fourth-order valence-corrected chi connectivity index (χ4v) is 3.90. The van der Waals surface area contributed by atoms with Crippen LogP contribution in [-0.2, 0) is 15.8 Å². The number of halogens is 5. The van der Waals surface area contributed by atoms with E-state index in [1.54, 1.807) is 43.3 Å². The zero-order chi connectivity index (χ0) is 28.1. The number of hydrogen-bond donors (Lipinski definition) is 0. The highest BCUT2D eigenvalue weighted by atomic mass is 35.5. The van der Waals surface area contributed by atoms with Gasteiger partial charge in [-0.1, -0.05) is 48.3 Å². The Labute approximate surface area is 227 Å². The first-order chi connectivity index (χ1) is 18.0. The summed E-state index contributed by atoms with van der Waals surface area (Å²) in [5, 5.41) is 9.75. The standard InChI is InChI=1S/C27H21Cl2F3N2O4/c1-3-24(35)26(16-33,25(36)34(4-2)18-8-6-5-7-9-18)38-23-15-19(11-12-20(23)28)37-22-13-10-17(14-21(22)29)27(30,31)32/h5-15H,3-4H2,1-2H3. The molecule has 0 aromatic heterocycles. The number of amides is 1. The minimum Gasteiger partial charge on any atom is -0.456 e. The van der Waals surface area contributed by atoms with Crippen molar-refractivity contribution in [3.8, 4) is 23.3 Å². The molecule has 0 aliphatic rings. The topological polar surface area (TPSA) is 79.6 Å². The highest BCUT2D eigenvalue weighted by Gasteiger charge is 2.51. The molecule has 0 aliphatic heterocycles. The summed E-state index contributed by atoms with van der Waals surface area (Å²) in [7, 11) is 0. The molecule has 0 bridgehead atoms. The lowest BCUT2D eigenvalue weighted by atomic mass is 9.95. The summed E-state index contributed by atoms with van der Waals surface area (Å²) in [4.78, 5) is 27.9. The smallest absolute Gasteiger partial charge is 0.416 e. The largest absolute Gasteiger partial charge is 0.456 e. The third kappa shape index (κ3) is 6.04. The summed E-state index contributed by atoms with van der Waals surface area (Å²) < 4.78 is 50.2. The van der Waals surface area contributed by atoms with Gasteiger partial charge in [0.2, 0.25) is 5.78 Å². The van der Waals surface area contributed by atoms with Gasteiger partial charge in [-0.25, -0.2) is 0 Å². The number of carbonyl (C=O) groups excluding carboxylic acids is 2. The van der Waals surface area contributed by atoms with Crippen LogP contribution in [0.15, 0.2) is 66.7 Å². The van der Waals surface area contributed by atoms with E-state index in [0.29, 0.717) is 11.8 Å². The number of rotatable bonds is 9. The molecule has 6 nitrogen and oxygen atoms in total. The van der Waals surface area contributed by atoms with Gasteiger partial charge in [-0.15, -0.1) is 0 Å². The van der Waals surface area contributed by atoms with Gasteiger partial charge < -0.3 is 14.4 Å². The Morgan fingerprint density at radius 2 is 1.63 bits per heavy atom. The van der Waals surface area contributed by atoms with Gasteiger partial charge in [0.25, 0.3) is 5.91 Å². The molecule has 1 amide bonds. The van der Waals surface area contributed by atoms with Crippen molar-refractivity contribution >= 4 is 40.6 Å². The molecule has 0 spiro atoms. The maximum absolute atomic E-state index is 13.7. The van der Waals surface area contributed by atoms with Crippen molar-refractivity contribution in [1.29, 1.82) is 5.26 Å². The van der Waals surface area contributed by atoms with Crippen molar-refractivity contribution in [3.63, 3.8) is 0 Å². The minimum atomic E-state index is -4.59. The van der Waals surface area contributed by atoms with E-state index in [4.69, 9.17) is 32.7 Å². The number of alkyl halides is 3. The predicted molar refractivity (Wildman–Crippen MR) is 137 cm³/mol.